The van der Waals surface area contributed by atoms with Gasteiger partial charge in [-0.2, -0.15) is 5.26 Å². The zero-order valence-electron chi connectivity index (χ0n) is 8.00. The Bertz CT molecular complexity index is 155. The summed E-state index contributed by atoms with van der Waals surface area (Å²) >= 11 is 0. The van der Waals surface area contributed by atoms with E-state index >= 15 is 0 Å². The molecule has 3 heteroatoms. The first-order valence-corrected chi connectivity index (χ1v) is 4.11. The van der Waals surface area contributed by atoms with Gasteiger partial charge in [-0.25, -0.2) is 0 Å². The first-order valence-electron chi connectivity index (χ1n) is 4.11. The molecule has 0 saturated heterocycles. The van der Waals surface area contributed by atoms with E-state index in [0.29, 0.717) is 6.42 Å². The zero-order valence-corrected chi connectivity index (χ0v) is 8.00. The molecule has 1 atom stereocenters. The Kier molecular flexibility index (Phi) is 4.87. The van der Waals surface area contributed by atoms with Crippen molar-refractivity contribution in [2.75, 3.05) is 13.2 Å². The lowest BCUT2D eigenvalue weighted by molar-refractivity contribution is 0.0374. The van der Waals surface area contributed by atoms with Gasteiger partial charge in [-0.3, -0.25) is 0 Å². The Labute approximate surface area is 74.0 Å². The molecule has 0 aromatic carbocycles. The summed E-state index contributed by atoms with van der Waals surface area (Å²) in [7, 11) is 0. The fraction of sp³-hybridized carbons (Fsp3) is 0.889. The van der Waals surface area contributed by atoms with Crippen LogP contribution in [0.25, 0.3) is 0 Å². The molecule has 0 amide bonds. The van der Waals surface area contributed by atoms with E-state index in [-0.39, 0.29) is 18.6 Å². The van der Waals surface area contributed by atoms with Crippen LogP contribution in [0.4, 0.5) is 0 Å². The smallest absolute Gasteiger partial charge is 0.144 e. The maximum absolute atomic E-state index is 8.66. The Balaban J connectivity index is 3.78. The summed E-state index contributed by atoms with van der Waals surface area (Å²) in [6.07, 6.45) is 0.306. The lowest BCUT2D eigenvalue weighted by atomic mass is 9.89. The van der Waals surface area contributed by atoms with Crippen molar-refractivity contribution in [3.63, 3.8) is 0 Å². The first kappa shape index (κ1) is 11.4. The predicted octanol–water partition coefficient (Wildman–Crippen LogP) is 1.32. The Morgan fingerprint density at radius 3 is 2.42 bits per heavy atom. The van der Waals surface area contributed by atoms with Crippen LogP contribution in [-0.2, 0) is 4.74 Å². The molecule has 0 aliphatic heterocycles. The van der Waals surface area contributed by atoms with Crippen LogP contribution in [0.3, 0.4) is 0 Å². The van der Waals surface area contributed by atoms with Crippen molar-refractivity contribution in [3.8, 4) is 6.07 Å². The molecule has 0 bridgehead atoms. The lowest BCUT2D eigenvalue weighted by Crippen LogP contribution is -2.20. The van der Waals surface area contributed by atoms with Crippen LogP contribution in [0.15, 0.2) is 0 Å². The van der Waals surface area contributed by atoms with Gasteiger partial charge >= 0.3 is 0 Å². The van der Waals surface area contributed by atoms with Crippen molar-refractivity contribution in [1.82, 2.24) is 0 Å². The van der Waals surface area contributed by atoms with Crippen molar-refractivity contribution in [1.29, 1.82) is 5.26 Å². The summed E-state index contributed by atoms with van der Waals surface area (Å²) in [5.74, 6) is 0. The number of aliphatic hydroxyl groups is 1. The average Bonchev–Trinajstić information content (AvgIpc) is 1.95. The van der Waals surface area contributed by atoms with Gasteiger partial charge in [0.25, 0.3) is 0 Å². The maximum atomic E-state index is 8.66. The summed E-state index contributed by atoms with van der Waals surface area (Å²) in [5.41, 5.74) is 0.0931. The fourth-order valence-corrected chi connectivity index (χ4v) is 0.893. The summed E-state index contributed by atoms with van der Waals surface area (Å²) < 4.78 is 5.11. The second-order valence-electron chi connectivity index (χ2n) is 3.98. The van der Waals surface area contributed by atoms with Crippen LogP contribution in [0.5, 0.6) is 0 Å². The molecule has 12 heavy (non-hydrogen) atoms. The van der Waals surface area contributed by atoms with E-state index in [2.05, 4.69) is 26.8 Å². The Morgan fingerprint density at radius 2 is 2.08 bits per heavy atom. The SMILES string of the molecule is CC(C)(C)CC(C#N)OCCO. The summed E-state index contributed by atoms with van der Waals surface area (Å²) in [5, 5.41) is 17.1. The molecule has 0 rings (SSSR count). The number of rotatable bonds is 4. The van der Waals surface area contributed by atoms with Crippen molar-refractivity contribution in [3.05, 3.63) is 0 Å². The maximum Gasteiger partial charge on any atom is 0.144 e. The number of nitrogens with zero attached hydrogens (tertiary/aromatic N) is 1. The molecule has 0 aromatic rings. The molecular weight excluding hydrogens is 154 g/mol. The second-order valence-corrected chi connectivity index (χ2v) is 3.98. The monoisotopic (exact) mass is 171 g/mol. The summed E-state index contributed by atoms with van der Waals surface area (Å²) in [6.45, 7) is 6.38. The van der Waals surface area contributed by atoms with Gasteiger partial charge in [0.1, 0.15) is 6.10 Å². The number of nitriles is 1. The minimum atomic E-state index is -0.392. The highest BCUT2D eigenvalue weighted by Gasteiger charge is 2.18. The van der Waals surface area contributed by atoms with Gasteiger partial charge in [-0.1, -0.05) is 20.8 Å². The predicted molar refractivity (Wildman–Crippen MR) is 46.5 cm³/mol. The van der Waals surface area contributed by atoms with Gasteiger partial charge in [0.2, 0.25) is 0 Å². The van der Waals surface area contributed by atoms with Gasteiger partial charge in [0.15, 0.2) is 0 Å². The molecule has 0 saturated carbocycles. The van der Waals surface area contributed by atoms with Gasteiger partial charge in [0, 0.05) is 0 Å². The molecular formula is C9H17NO2. The third kappa shape index (κ3) is 6.14. The van der Waals surface area contributed by atoms with Gasteiger partial charge in [0.05, 0.1) is 19.3 Å². The molecule has 0 heterocycles. The van der Waals surface area contributed by atoms with Crippen LogP contribution in [0.2, 0.25) is 0 Å². The van der Waals surface area contributed by atoms with Gasteiger partial charge in [-0.15, -0.1) is 0 Å². The Morgan fingerprint density at radius 1 is 1.50 bits per heavy atom. The number of hydrogen-bond acceptors (Lipinski definition) is 3. The molecule has 1 unspecified atom stereocenters. The standard InChI is InChI=1S/C9H17NO2/c1-9(2,3)6-8(7-10)12-5-4-11/h8,11H,4-6H2,1-3H3. The van der Waals surface area contributed by atoms with Crippen molar-refractivity contribution in [2.45, 2.75) is 33.3 Å². The van der Waals surface area contributed by atoms with E-state index < -0.39 is 6.10 Å². The molecule has 0 aliphatic carbocycles. The molecule has 3 nitrogen and oxygen atoms in total. The van der Waals surface area contributed by atoms with Crippen LogP contribution in [0, 0.1) is 16.7 Å². The van der Waals surface area contributed by atoms with Gasteiger partial charge in [-0.05, 0) is 11.8 Å². The summed E-state index contributed by atoms with van der Waals surface area (Å²) in [4.78, 5) is 0. The molecule has 0 aromatic heterocycles. The van der Waals surface area contributed by atoms with E-state index in [9.17, 15) is 0 Å². The average molecular weight is 171 g/mol. The molecule has 0 aliphatic rings. The number of aliphatic hydroxyl groups excluding tert-OH is 1. The largest absolute Gasteiger partial charge is 0.394 e. The third-order valence-electron chi connectivity index (χ3n) is 1.35. The molecule has 1 N–H and O–H groups in total. The molecule has 0 fully saturated rings. The highest BCUT2D eigenvalue weighted by atomic mass is 16.5. The first-order chi connectivity index (χ1) is 5.49. The third-order valence-corrected chi connectivity index (χ3v) is 1.35. The van der Waals surface area contributed by atoms with Gasteiger partial charge < -0.3 is 9.84 Å². The second kappa shape index (κ2) is 5.13. The highest BCUT2D eigenvalue weighted by Crippen LogP contribution is 2.21. The van der Waals surface area contributed by atoms with Crippen LogP contribution >= 0.6 is 0 Å². The number of ether oxygens (including phenoxy) is 1. The van der Waals surface area contributed by atoms with Crippen LogP contribution in [0.1, 0.15) is 27.2 Å². The van der Waals surface area contributed by atoms with Crippen molar-refractivity contribution >= 4 is 0 Å². The van der Waals surface area contributed by atoms with Crippen molar-refractivity contribution < 1.29 is 9.84 Å². The topological polar surface area (TPSA) is 53.2 Å². The Hall–Kier alpha value is -0.590. The molecule has 0 spiro atoms. The van der Waals surface area contributed by atoms with E-state index in [0.717, 1.165) is 0 Å². The van der Waals surface area contributed by atoms with Crippen LogP contribution < -0.4 is 0 Å². The zero-order chi connectivity index (χ0) is 9.61. The quantitative estimate of drug-likeness (QED) is 0.694. The minimum Gasteiger partial charge on any atom is -0.394 e. The minimum absolute atomic E-state index is 0.0255. The number of hydrogen-bond donors (Lipinski definition) is 1. The van der Waals surface area contributed by atoms with E-state index in [1.54, 1.807) is 0 Å². The fourth-order valence-electron chi connectivity index (χ4n) is 0.893. The molecule has 70 valence electrons. The lowest BCUT2D eigenvalue weighted by Gasteiger charge is -2.21. The van der Waals surface area contributed by atoms with Crippen LogP contribution in [-0.4, -0.2) is 24.4 Å². The van der Waals surface area contributed by atoms with E-state index in [1.807, 2.05) is 0 Å². The van der Waals surface area contributed by atoms with E-state index in [4.69, 9.17) is 15.1 Å². The molecule has 0 radical (unpaired) electrons. The highest BCUT2D eigenvalue weighted by molar-refractivity contribution is 4.87. The summed E-state index contributed by atoms with van der Waals surface area (Å²) in [6, 6.07) is 2.06. The normalized spacial score (nSPS) is 13.9. The van der Waals surface area contributed by atoms with Crippen molar-refractivity contribution in [2.24, 2.45) is 5.41 Å². The van der Waals surface area contributed by atoms with E-state index in [1.165, 1.54) is 0 Å².